The first-order chi connectivity index (χ1) is 16.5. The standard InChI is InChI=1S/C24H23ClN2O7S/c1-27-15-18(11-12-33-35(2,31)32)20(22(28)26-14-16-7-6-10-19(25)13-16)21(23(27)29)34-24(30)17-8-4-3-5-9-17/h3-10,13,15H,11-12,14H2,1-2H3,(H,26,28). The molecular weight excluding hydrogens is 496 g/mol. The number of pyridine rings is 1. The minimum Gasteiger partial charge on any atom is -0.416 e. The average Bonchev–Trinajstić information content (AvgIpc) is 2.80. The van der Waals surface area contributed by atoms with Gasteiger partial charge in [0, 0.05) is 24.8 Å². The van der Waals surface area contributed by atoms with Crippen LogP contribution in [0.15, 0.2) is 65.6 Å². The Labute approximate surface area is 207 Å². The second-order valence-electron chi connectivity index (χ2n) is 7.62. The molecule has 0 spiro atoms. The van der Waals surface area contributed by atoms with E-state index in [9.17, 15) is 22.8 Å². The lowest BCUT2D eigenvalue weighted by Gasteiger charge is -2.16. The summed E-state index contributed by atoms with van der Waals surface area (Å²) in [6.45, 7) is -0.197. The van der Waals surface area contributed by atoms with E-state index in [1.165, 1.54) is 25.4 Å². The van der Waals surface area contributed by atoms with Gasteiger partial charge in [0.05, 0.1) is 24.0 Å². The maximum Gasteiger partial charge on any atom is 0.343 e. The third-order valence-corrected chi connectivity index (χ3v) is 5.68. The number of hydrogen-bond donors (Lipinski definition) is 1. The van der Waals surface area contributed by atoms with Crippen LogP contribution in [0.4, 0.5) is 0 Å². The van der Waals surface area contributed by atoms with E-state index in [0.717, 1.165) is 10.8 Å². The number of halogens is 1. The number of benzene rings is 2. The van der Waals surface area contributed by atoms with Crippen LogP contribution in [0.25, 0.3) is 0 Å². The molecule has 0 atom stereocenters. The van der Waals surface area contributed by atoms with Crippen molar-refractivity contribution in [2.24, 2.45) is 7.05 Å². The second-order valence-corrected chi connectivity index (χ2v) is 9.70. The zero-order valence-corrected chi connectivity index (χ0v) is 20.6. The summed E-state index contributed by atoms with van der Waals surface area (Å²) >= 11 is 6.00. The predicted octanol–water partition coefficient (Wildman–Crippen LogP) is 2.71. The molecule has 184 valence electrons. The molecule has 1 amide bonds. The van der Waals surface area contributed by atoms with Gasteiger partial charge in [-0.2, -0.15) is 8.42 Å². The highest BCUT2D eigenvalue weighted by molar-refractivity contribution is 7.85. The van der Waals surface area contributed by atoms with Crippen LogP contribution in [0, 0.1) is 0 Å². The van der Waals surface area contributed by atoms with E-state index in [1.807, 2.05) is 0 Å². The SMILES string of the molecule is Cn1cc(CCOS(C)(=O)=O)c(C(=O)NCc2cccc(Cl)c2)c(OC(=O)c2ccccc2)c1=O. The average molecular weight is 519 g/mol. The Balaban J connectivity index is 1.99. The van der Waals surface area contributed by atoms with Gasteiger partial charge in [-0.1, -0.05) is 41.9 Å². The lowest BCUT2D eigenvalue weighted by atomic mass is 10.1. The molecule has 1 aromatic heterocycles. The molecule has 0 bridgehead atoms. The van der Waals surface area contributed by atoms with E-state index in [1.54, 1.807) is 42.5 Å². The Morgan fingerprint density at radius 1 is 1.09 bits per heavy atom. The smallest absolute Gasteiger partial charge is 0.343 e. The van der Waals surface area contributed by atoms with Crippen molar-refractivity contribution >= 4 is 33.6 Å². The molecule has 0 saturated heterocycles. The molecule has 0 unspecified atom stereocenters. The zero-order valence-electron chi connectivity index (χ0n) is 19.0. The first-order valence-corrected chi connectivity index (χ1v) is 12.6. The van der Waals surface area contributed by atoms with E-state index in [-0.39, 0.29) is 36.3 Å². The minimum absolute atomic E-state index is 0.0446. The number of nitrogens with zero attached hydrogens (tertiary/aromatic N) is 1. The molecule has 9 nitrogen and oxygen atoms in total. The topological polar surface area (TPSA) is 121 Å². The number of carbonyl (C=O) groups excluding carboxylic acids is 2. The summed E-state index contributed by atoms with van der Waals surface area (Å²) < 4.78 is 34.1. The Bertz CT molecular complexity index is 1400. The van der Waals surface area contributed by atoms with Crippen LogP contribution >= 0.6 is 11.6 Å². The third kappa shape index (κ3) is 7.25. The number of aromatic nitrogens is 1. The monoisotopic (exact) mass is 518 g/mol. The van der Waals surface area contributed by atoms with Crippen molar-refractivity contribution < 1.29 is 26.9 Å². The molecule has 3 aromatic rings. The highest BCUT2D eigenvalue weighted by Gasteiger charge is 2.25. The van der Waals surface area contributed by atoms with E-state index in [0.29, 0.717) is 10.6 Å². The lowest BCUT2D eigenvalue weighted by Crippen LogP contribution is -2.31. The Morgan fingerprint density at radius 2 is 1.80 bits per heavy atom. The van der Waals surface area contributed by atoms with E-state index in [2.05, 4.69) is 5.32 Å². The van der Waals surface area contributed by atoms with Gasteiger partial charge >= 0.3 is 5.97 Å². The number of aryl methyl sites for hydroxylation is 1. The number of ether oxygens (including phenoxy) is 1. The van der Waals surface area contributed by atoms with Crippen molar-refractivity contribution in [3.05, 3.63) is 98.4 Å². The molecule has 0 aliphatic heterocycles. The van der Waals surface area contributed by atoms with Gasteiger partial charge < -0.3 is 14.6 Å². The number of rotatable bonds is 9. The van der Waals surface area contributed by atoms with Gasteiger partial charge in [0.15, 0.2) is 0 Å². The normalized spacial score (nSPS) is 11.2. The van der Waals surface area contributed by atoms with E-state index < -0.39 is 33.3 Å². The fraction of sp³-hybridized carbons (Fsp3) is 0.208. The van der Waals surface area contributed by atoms with Crippen LogP contribution in [-0.2, 0) is 34.3 Å². The third-order valence-electron chi connectivity index (χ3n) is 4.85. The maximum absolute atomic E-state index is 13.2. The molecule has 3 rings (SSSR count). The summed E-state index contributed by atoms with van der Waals surface area (Å²) in [6, 6.07) is 14.8. The summed E-state index contributed by atoms with van der Waals surface area (Å²) in [7, 11) is -2.30. The second kappa shape index (κ2) is 11.3. The van der Waals surface area contributed by atoms with Gasteiger partial charge in [-0.3, -0.25) is 13.8 Å². The highest BCUT2D eigenvalue weighted by Crippen LogP contribution is 2.21. The summed E-state index contributed by atoms with van der Waals surface area (Å²) in [6.07, 6.45) is 2.23. The fourth-order valence-electron chi connectivity index (χ4n) is 3.25. The first kappa shape index (κ1) is 26.1. The molecule has 0 aliphatic carbocycles. The molecule has 2 aromatic carbocycles. The van der Waals surface area contributed by atoms with Crippen molar-refractivity contribution in [3.63, 3.8) is 0 Å². The van der Waals surface area contributed by atoms with Gasteiger partial charge in [-0.25, -0.2) is 4.79 Å². The summed E-state index contributed by atoms with van der Waals surface area (Å²) in [5.74, 6) is -1.98. The molecule has 0 saturated carbocycles. The predicted molar refractivity (Wildman–Crippen MR) is 130 cm³/mol. The number of nitrogens with one attached hydrogen (secondary N) is 1. The first-order valence-electron chi connectivity index (χ1n) is 10.4. The minimum atomic E-state index is -3.73. The molecule has 1 heterocycles. The van der Waals surface area contributed by atoms with Gasteiger partial charge in [0.2, 0.25) is 5.75 Å². The van der Waals surface area contributed by atoms with E-state index in [4.69, 9.17) is 20.5 Å². The lowest BCUT2D eigenvalue weighted by molar-refractivity contribution is 0.0728. The highest BCUT2D eigenvalue weighted by atomic mass is 35.5. The number of carbonyl (C=O) groups is 2. The molecule has 35 heavy (non-hydrogen) atoms. The van der Waals surface area contributed by atoms with Crippen LogP contribution in [0.5, 0.6) is 5.75 Å². The van der Waals surface area contributed by atoms with Crippen molar-refractivity contribution in [2.45, 2.75) is 13.0 Å². The summed E-state index contributed by atoms with van der Waals surface area (Å²) in [5, 5.41) is 3.18. The molecule has 0 aliphatic rings. The van der Waals surface area contributed by atoms with Crippen LogP contribution in [-0.4, -0.2) is 37.7 Å². The Morgan fingerprint density at radius 3 is 2.46 bits per heavy atom. The van der Waals surface area contributed by atoms with Gasteiger partial charge in [-0.15, -0.1) is 0 Å². The van der Waals surface area contributed by atoms with Crippen LogP contribution < -0.4 is 15.6 Å². The largest absolute Gasteiger partial charge is 0.416 e. The Kier molecular flexibility index (Phi) is 8.44. The molecule has 0 radical (unpaired) electrons. The summed E-state index contributed by atoms with van der Waals surface area (Å²) in [4.78, 5) is 38.9. The number of esters is 1. The molecule has 0 fully saturated rings. The number of hydrogen-bond acceptors (Lipinski definition) is 7. The maximum atomic E-state index is 13.2. The van der Waals surface area contributed by atoms with Crippen LogP contribution in [0.3, 0.4) is 0 Å². The van der Waals surface area contributed by atoms with Gasteiger partial charge in [0.1, 0.15) is 0 Å². The zero-order chi connectivity index (χ0) is 25.6. The molecular formula is C24H23ClN2O7S. The van der Waals surface area contributed by atoms with Crippen LogP contribution in [0.1, 0.15) is 31.8 Å². The van der Waals surface area contributed by atoms with Crippen molar-refractivity contribution in [3.8, 4) is 5.75 Å². The van der Waals surface area contributed by atoms with Crippen LogP contribution in [0.2, 0.25) is 5.02 Å². The quantitative estimate of drug-likeness (QED) is 0.341. The molecule has 1 N–H and O–H groups in total. The van der Waals surface area contributed by atoms with Crippen molar-refractivity contribution in [2.75, 3.05) is 12.9 Å². The van der Waals surface area contributed by atoms with Gasteiger partial charge in [-0.05, 0) is 41.8 Å². The van der Waals surface area contributed by atoms with Crippen molar-refractivity contribution in [1.29, 1.82) is 0 Å². The van der Waals surface area contributed by atoms with Crippen molar-refractivity contribution in [1.82, 2.24) is 9.88 Å². The summed E-state index contributed by atoms with van der Waals surface area (Å²) in [5.41, 5.74) is 0.256. The molecule has 11 heteroatoms. The van der Waals surface area contributed by atoms with Gasteiger partial charge in [0.25, 0.3) is 21.6 Å². The van der Waals surface area contributed by atoms with E-state index >= 15 is 0 Å². The number of amides is 1. The fourth-order valence-corrected chi connectivity index (χ4v) is 3.85. The Hall–Kier alpha value is -3.47.